The number of hydrogen-bond donors (Lipinski definition) is 2. The lowest BCUT2D eigenvalue weighted by atomic mass is 9.84. The molecular formula is C23H31F5N2O4. The van der Waals surface area contributed by atoms with Crippen molar-refractivity contribution in [3.8, 4) is 0 Å². The zero-order valence-corrected chi connectivity index (χ0v) is 20.2. The lowest BCUT2D eigenvalue weighted by molar-refractivity contribution is -0.174. The number of rotatable bonds is 7. The second kappa shape index (κ2) is 9.41. The van der Waals surface area contributed by atoms with E-state index in [-0.39, 0.29) is 18.4 Å². The number of fused-ring (bicyclic) bond motifs is 1. The van der Waals surface area contributed by atoms with Crippen molar-refractivity contribution in [3.63, 3.8) is 0 Å². The van der Waals surface area contributed by atoms with E-state index in [4.69, 9.17) is 4.74 Å². The van der Waals surface area contributed by atoms with Crippen LogP contribution in [0.15, 0.2) is 6.07 Å². The molecule has 6 nitrogen and oxygen atoms in total. The third-order valence-corrected chi connectivity index (χ3v) is 5.78. The lowest BCUT2D eigenvalue weighted by Gasteiger charge is -2.28. The number of alkyl halides is 3. The van der Waals surface area contributed by atoms with Gasteiger partial charge < -0.3 is 15.2 Å². The number of ether oxygens (including phenoxy) is 1. The van der Waals surface area contributed by atoms with Gasteiger partial charge in [0.05, 0.1) is 22.3 Å². The first kappa shape index (κ1) is 28.0. The highest BCUT2D eigenvalue weighted by Gasteiger charge is 2.51. The summed E-state index contributed by atoms with van der Waals surface area (Å²) in [6, 6.07) is -0.500. The van der Waals surface area contributed by atoms with E-state index in [1.807, 2.05) is 0 Å². The summed E-state index contributed by atoms with van der Waals surface area (Å²) >= 11 is 0. The number of nitrogens with zero attached hydrogens (tertiary/aromatic N) is 1. The Morgan fingerprint density at radius 2 is 1.76 bits per heavy atom. The molecule has 11 heteroatoms. The highest BCUT2D eigenvalue weighted by Crippen LogP contribution is 2.47. The second-order valence-electron chi connectivity index (χ2n) is 10.2. The van der Waals surface area contributed by atoms with Gasteiger partial charge in [-0.15, -0.1) is 0 Å². The lowest BCUT2D eigenvalue weighted by Crippen LogP contribution is -2.46. The molecule has 1 unspecified atom stereocenters. The molecule has 0 aliphatic carbocycles. The van der Waals surface area contributed by atoms with Gasteiger partial charge >= 0.3 is 6.18 Å². The average Bonchev–Trinajstić information content (AvgIpc) is 2.83. The van der Waals surface area contributed by atoms with Gasteiger partial charge in [-0.2, -0.15) is 13.2 Å². The molecule has 2 N–H and O–H groups in total. The van der Waals surface area contributed by atoms with Crippen molar-refractivity contribution >= 4 is 17.5 Å². The standard InChI is InChI=1S/C23H31F5N2O4/c1-11(8-16(32)34-21(3,4)5)12(2)29-15(31)10-30-19-14(24)9-13(23(26,27)28)18(25)17(19)22(6,7)20(30)33/h9,11-12,16,32H,8,10H2,1-7H3,(H,29,31)/t11-,12-,16?/m0/s1. The van der Waals surface area contributed by atoms with E-state index >= 15 is 0 Å². The van der Waals surface area contributed by atoms with Crippen LogP contribution in [-0.2, 0) is 25.9 Å². The van der Waals surface area contributed by atoms with Gasteiger partial charge in [0.15, 0.2) is 6.29 Å². The molecule has 1 aromatic carbocycles. The predicted molar refractivity (Wildman–Crippen MR) is 115 cm³/mol. The summed E-state index contributed by atoms with van der Waals surface area (Å²) in [5, 5.41) is 12.7. The third kappa shape index (κ3) is 5.86. The normalized spacial score (nSPS) is 18.5. The molecule has 34 heavy (non-hydrogen) atoms. The predicted octanol–water partition coefficient (Wildman–Crippen LogP) is 4.27. The van der Waals surface area contributed by atoms with Gasteiger partial charge in [-0.1, -0.05) is 6.92 Å². The summed E-state index contributed by atoms with van der Waals surface area (Å²) in [5.41, 5.74) is -5.61. The molecule has 1 aromatic rings. The van der Waals surface area contributed by atoms with E-state index in [2.05, 4.69) is 5.32 Å². The first-order chi connectivity index (χ1) is 15.3. The fourth-order valence-electron chi connectivity index (χ4n) is 3.92. The maximum absolute atomic E-state index is 14.8. The highest BCUT2D eigenvalue weighted by atomic mass is 19.4. The van der Waals surface area contributed by atoms with E-state index in [0.29, 0.717) is 4.90 Å². The van der Waals surface area contributed by atoms with Crippen LogP contribution in [0.3, 0.4) is 0 Å². The molecule has 192 valence electrons. The van der Waals surface area contributed by atoms with Crippen molar-refractivity contribution in [1.82, 2.24) is 5.32 Å². The number of halogens is 5. The fourth-order valence-corrected chi connectivity index (χ4v) is 3.92. The third-order valence-electron chi connectivity index (χ3n) is 5.78. The van der Waals surface area contributed by atoms with Gasteiger partial charge in [-0.3, -0.25) is 14.5 Å². The largest absolute Gasteiger partial charge is 0.419 e. The number of nitrogens with one attached hydrogen (secondary N) is 1. The Morgan fingerprint density at radius 1 is 1.21 bits per heavy atom. The molecule has 3 atom stereocenters. The molecule has 1 aliphatic rings. The van der Waals surface area contributed by atoms with Crippen LogP contribution in [0.5, 0.6) is 0 Å². The summed E-state index contributed by atoms with van der Waals surface area (Å²) in [7, 11) is 0. The monoisotopic (exact) mass is 494 g/mol. The first-order valence-corrected chi connectivity index (χ1v) is 10.8. The summed E-state index contributed by atoms with van der Waals surface area (Å²) in [6.07, 6.45) is -6.05. The van der Waals surface area contributed by atoms with Crippen LogP contribution in [0.4, 0.5) is 27.6 Å². The van der Waals surface area contributed by atoms with Crippen molar-refractivity contribution in [2.75, 3.05) is 11.4 Å². The number of aliphatic hydroxyl groups is 1. The number of carbonyl (C=O) groups is 2. The Hall–Kier alpha value is -2.27. The van der Waals surface area contributed by atoms with E-state index in [9.17, 15) is 36.6 Å². The van der Waals surface area contributed by atoms with Crippen molar-refractivity contribution in [3.05, 3.63) is 28.8 Å². The Labute approximate surface area is 195 Å². The first-order valence-electron chi connectivity index (χ1n) is 10.8. The molecule has 0 fully saturated rings. The quantitative estimate of drug-likeness (QED) is 0.438. The van der Waals surface area contributed by atoms with Crippen LogP contribution in [-0.4, -0.2) is 41.4 Å². The Balaban J connectivity index is 2.22. The van der Waals surface area contributed by atoms with Gasteiger partial charge in [0.2, 0.25) is 11.8 Å². The van der Waals surface area contributed by atoms with Crippen LogP contribution >= 0.6 is 0 Å². The minimum atomic E-state index is -5.16. The van der Waals surface area contributed by atoms with Gasteiger partial charge in [0.1, 0.15) is 18.2 Å². The molecule has 1 aliphatic heterocycles. The molecule has 0 bridgehead atoms. The van der Waals surface area contributed by atoms with Crippen molar-refractivity contribution in [2.45, 2.75) is 84.4 Å². The number of aliphatic hydroxyl groups excluding tert-OH is 1. The van der Waals surface area contributed by atoms with E-state index in [0.717, 1.165) is 0 Å². The van der Waals surface area contributed by atoms with Gasteiger partial charge in [0.25, 0.3) is 0 Å². The molecule has 0 saturated heterocycles. The zero-order valence-electron chi connectivity index (χ0n) is 20.2. The molecule has 2 rings (SSSR count). The van der Waals surface area contributed by atoms with Crippen LogP contribution in [0.2, 0.25) is 0 Å². The highest BCUT2D eigenvalue weighted by molar-refractivity contribution is 6.10. The number of carbonyl (C=O) groups excluding carboxylic acids is 2. The van der Waals surface area contributed by atoms with Gasteiger partial charge in [0, 0.05) is 18.0 Å². The number of anilines is 1. The van der Waals surface area contributed by atoms with E-state index < -0.39 is 76.3 Å². The minimum absolute atomic E-state index is 0.00490. The number of amides is 2. The van der Waals surface area contributed by atoms with Crippen LogP contribution in [0.1, 0.15) is 66.0 Å². The van der Waals surface area contributed by atoms with Crippen molar-refractivity contribution in [1.29, 1.82) is 0 Å². The topological polar surface area (TPSA) is 78.9 Å². The van der Waals surface area contributed by atoms with Gasteiger partial charge in [-0.05, 0) is 53.5 Å². The molecule has 0 radical (unpaired) electrons. The van der Waals surface area contributed by atoms with Crippen molar-refractivity contribution < 1.29 is 41.4 Å². The summed E-state index contributed by atoms with van der Waals surface area (Å²) in [6.45, 7) is 10.4. The smallest absolute Gasteiger partial charge is 0.368 e. The SMILES string of the molecule is C[C@H](NC(=O)CN1C(=O)C(C)(C)c2c(F)c(C(F)(F)F)cc(F)c21)[C@@H](C)CC(O)OC(C)(C)C. The second-order valence-corrected chi connectivity index (χ2v) is 10.2. The number of benzene rings is 1. The molecular weight excluding hydrogens is 463 g/mol. The summed E-state index contributed by atoms with van der Waals surface area (Å²) < 4.78 is 74.4. The molecule has 0 spiro atoms. The Bertz CT molecular complexity index is 956. The van der Waals surface area contributed by atoms with Crippen LogP contribution < -0.4 is 10.2 Å². The molecule has 1 heterocycles. The zero-order chi connectivity index (χ0) is 26.4. The minimum Gasteiger partial charge on any atom is -0.368 e. The van der Waals surface area contributed by atoms with Crippen molar-refractivity contribution in [2.24, 2.45) is 5.92 Å². The Kier molecular flexibility index (Phi) is 7.74. The van der Waals surface area contributed by atoms with Crippen LogP contribution in [0, 0.1) is 17.6 Å². The number of hydrogen-bond acceptors (Lipinski definition) is 4. The fraction of sp³-hybridized carbons (Fsp3) is 0.652. The van der Waals surface area contributed by atoms with E-state index in [1.165, 1.54) is 13.8 Å². The van der Waals surface area contributed by atoms with E-state index in [1.54, 1.807) is 34.6 Å². The van der Waals surface area contributed by atoms with Gasteiger partial charge in [-0.25, -0.2) is 8.78 Å². The maximum Gasteiger partial charge on any atom is 0.419 e. The molecule has 0 saturated carbocycles. The molecule has 0 aromatic heterocycles. The summed E-state index contributed by atoms with van der Waals surface area (Å²) in [5.74, 6) is -5.06. The summed E-state index contributed by atoms with van der Waals surface area (Å²) in [4.78, 5) is 26.2. The Morgan fingerprint density at radius 3 is 2.26 bits per heavy atom. The molecule has 2 amide bonds. The maximum atomic E-state index is 14.8. The van der Waals surface area contributed by atoms with Crippen LogP contribution in [0.25, 0.3) is 0 Å². The average molecular weight is 495 g/mol.